The molecule has 6 heteroatoms. The van der Waals surface area contributed by atoms with Crippen molar-refractivity contribution < 1.29 is 14.6 Å². The van der Waals surface area contributed by atoms with E-state index in [9.17, 15) is 4.79 Å². The largest absolute Gasteiger partial charge is 0.496 e. The third kappa shape index (κ3) is 3.97. The number of carbonyl (C=O) groups is 1. The summed E-state index contributed by atoms with van der Waals surface area (Å²) >= 11 is 13.9. The van der Waals surface area contributed by atoms with Crippen LogP contribution in [0.5, 0.6) is 5.75 Å². The van der Waals surface area contributed by atoms with Crippen LogP contribution < -0.4 is 4.74 Å². The van der Waals surface area contributed by atoms with Crippen LogP contribution in [0.1, 0.15) is 5.56 Å². The fraction of sp³-hybridized carbons (Fsp3) is 0.0625. The average molecular weight is 355 g/mol. The van der Waals surface area contributed by atoms with E-state index in [1.165, 1.54) is 17.8 Å². The summed E-state index contributed by atoms with van der Waals surface area (Å²) in [6.07, 6.45) is 2.43. The van der Waals surface area contributed by atoms with Crippen LogP contribution in [-0.2, 0) is 4.79 Å². The van der Waals surface area contributed by atoms with Crippen molar-refractivity contribution in [3.63, 3.8) is 0 Å². The summed E-state index contributed by atoms with van der Waals surface area (Å²) in [4.78, 5) is 12.2. The molecule has 0 fully saturated rings. The highest BCUT2D eigenvalue weighted by Crippen LogP contribution is 2.41. The molecule has 22 heavy (non-hydrogen) atoms. The van der Waals surface area contributed by atoms with Crippen LogP contribution in [0.3, 0.4) is 0 Å². The Kier molecular flexibility index (Phi) is 5.77. The zero-order valence-corrected chi connectivity index (χ0v) is 13.9. The van der Waals surface area contributed by atoms with E-state index in [-0.39, 0.29) is 0 Å². The summed E-state index contributed by atoms with van der Waals surface area (Å²) in [6, 6.07) is 11.1. The first-order valence-corrected chi connectivity index (χ1v) is 7.80. The van der Waals surface area contributed by atoms with E-state index >= 15 is 0 Å². The van der Waals surface area contributed by atoms with Crippen molar-refractivity contribution in [2.75, 3.05) is 7.11 Å². The van der Waals surface area contributed by atoms with Gasteiger partial charge >= 0.3 is 5.97 Å². The van der Waals surface area contributed by atoms with Crippen molar-refractivity contribution in [1.29, 1.82) is 0 Å². The predicted octanol–water partition coefficient (Wildman–Crippen LogP) is 5.25. The fourth-order valence-corrected chi connectivity index (χ4v) is 3.27. The van der Waals surface area contributed by atoms with Gasteiger partial charge in [0.05, 0.1) is 22.1 Å². The Morgan fingerprint density at radius 1 is 1.14 bits per heavy atom. The minimum Gasteiger partial charge on any atom is -0.496 e. The molecule has 0 aliphatic carbocycles. The van der Waals surface area contributed by atoms with Crippen LogP contribution in [0.4, 0.5) is 0 Å². The molecule has 1 N–H and O–H groups in total. The molecule has 0 aromatic heterocycles. The van der Waals surface area contributed by atoms with Gasteiger partial charge in [-0.15, -0.1) is 0 Å². The van der Waals surface area contributed by atoms with Gasteiger partial charge in [0.15, 0.2) is 0 Å². The Morgan fingerprint density at radius 2 is 1.86 bits per heavy atom. The minimum atomic E-state index is -1.04. The van der Waals surface area contributed by atoms with Crippen LogP contribution in [0.25, 0.3) is 6.08 Å². The van der Waals surface area contributed by atoms with Gasteiger partial charge in [-0.1, -0.05) is 53.2 Å². The number of carboxylic acids is 1. The van der Waals surface area contributed by atoms with Crippen molar-refractivity contribution in [2.24, 2.45) is 0 Å². The Labute approximate surface area is 142 Å². The van der Waals surface area contributed by atoms with Crippen LogP contribution >= 0.6 is 35.0 Å². The summed E-state index contributed by atoms with van der Waals surface area (Å²) < 4.78 is 5.30. The number of benzene rings is 2. The smallest absolute Gasteiger partial charge is 0.328 e. The van der Waals surface area contributed by atoms with Crippen molar-refractivity contribution in [2.45, 2.75) is 9.79 Å². The monoisotopic (exact) mass is 354 g/mol. The maximum absolute atomic E-state index is 10.6. The first kappa shape index (κ1) is 16.7. The van der Waals surface area contributed by atoms with Gasteiger partial charge in [0.25, 0.3) is 0 Å². The molecule has 0 atom stereocenters. The van der Waals surface area contributed by atoms with E-state index in [4.69, 9.17) is 33.0 Å². The van der Waals surface area contributed by atoms with Gasteiger partial charge in [0.2, 0.25) is 0 Å². The highest BCUT2D eigenvalue weighted by atomic mass is 35.5. The van der Waals surface area contributed by atoms with Crippen LogP contribution in [0, 0.1) is 0 Å². The number of halogens is 2. The Bertz CT molecular complexity index is 729. The Hall–Kier alpha value is -1.62. The summed E-state index contributed by atoms with van der Waals surface area (Å²) in [6.45, 7) is 0. The van der Waals surface area contributed by atoms with Crippen molar-refractivity contribution in [3.05, 3.63) is 58.1 Å². The number of hydrogen-bond donors (Lipinski definition) is 1. The zero-order valence-electron chi connectivity index (χ0n) is 11.5. The first-order valence-electron chi connectivity index (χ1n) is 6.23. The molecule has 2 rings (SSSR count). The Balaban J connectivity index is 2.33. The molecule has 0 radical (unpaired) electrons. The van der Waals surface area contributed by atoms with Crippen LogP contribution in [0.2, 0.25) is 10.0 Å². The van der Waals surface area contributed by atoms with Crippen LogP contribution in [-0.4, -0.2) is 18.2 Å². The molecular weight excluding hydrogens is 343 g/mol. The van der Waals surface area contributed by atoms with Gasteiger partial charge in [0.1, 0.15) is 5.75 Å². The maximum atomic E-state index is 10.6. The minimum absolute atomic E-state index is 0.319. The maximum Gasteiger partial charge on any atom is 0.328 e. The van der Waals surface area contributed by atoms with Crippen molar-refractivity contribution >= 4 is 47.0 Å². The number of carboxylic acid groups (broad SMARTS) is 1. The van der Waals surface area contributed by atoms with Crippen molar-refractivity contribution in [1.82, 2.24) is 0 Å². The lowest BCUT2D eigenvalue weighted by molar-refractivity contribution is -0.131. The molecule has 2 aromatic rings. The van der Waals surface area contributed by atoms with E-state index in [1.807, 2.05) is 24.3 Å². The lowest BCUT2D eigenvalue weighted by atomic mass is 10.2. The summed E-state index contributed by atoms with van der Waals surface area (Å²) in [5, 5.41) is 9.36. The fourth-order valence-electron chi connectivity index (χ4n) is 1.74. The third-order valence-corrected chi connectivity index (χ3v) is 4.90. The Morgan fingerprint density at radius 3 is 2.55 bits per heavy atom. The first-order chi connectivity index (χ1) is 10.5. The number of rotatable bonds is 5. The number of hydrogen-bond acceptors (Lipinski definition) is 3. The average Bonchev–Trinajstić information content (AvgIpc) is 2.51. The SMILES string of the molecule is COc1ccccc1Sc1ccc(C=CC(=O)O)c(Cl)c1Cl. The molecule has 2 aromatic carbocycles. The molecule has 0 aliphatic heterocycles. The molecule has 0 spiro atoms. The summed E-state index contributed by atoms with van der Waals surface area (Å²) in [5.41, 5.74) is 0.554. The molecule has 0 unspecified atom stereocenters. The molecular formula is C16H12Cl2O3S. The van der Waals surface area contributed by atoms with E-state index < -0.39 is 5.97 Å². The van der Waals surface area contributed by atoms with E-state index in [0.717, 1.165) is 21.6 Å². The highest BCUT2D eigenvalue weighted by Gasteiger charge is 2.12. The number of ether oxygens (including phenoxy) is 1. The lowest BCUT2D eigenvalue weighted by Crippen LogP contribution is -1.88. The topological polar surface area (TPSA) is 46.5 Å². The number of para-hydroxylation sites is 1. The van der Waals surface area contributed by atoms with E-state index in [0.29, 0.717) is 15.6 Å². The second-order valence-corrected chi connectivity index (χ2v) is 6.05. The molecule has 114 valence electrons. The molecule has 0 bridgehead atoms. The van der Waals surface area contributed by atoms with Gasteiger partial charge in [-0.2, -0.15) is 0 Å². The normalized spacial score (nSPS) is 10.9. The molecule has 3 nitrogen and oxygen atoms in total. The van der Waals surface area contributed by atoms with Gasteiger partial charge in [-0.25, -0.2) is 4.79 Å². The van der Waals surface area contributed by atoms with Crippen LogP contribution in [0.15, 0.2) is 52.3 Å². The van der Waals surface area contributed by atoms with E-state index in [1.54, 1.807) is 19.2 Å². The van der Waals surface area contributed by atoms with Crippen molar-refractivity contribution in [3.8, 4) is 5.75 Å². The van der Waals surface area contributed by atoms with Gasteiger partial charge < -0.3 is 9.84 Å². The highest BCUT2D eigenvalue weighted by molar-refractivity contribution is 7.99. The lowest BCUT2D eigenvalue weighted by Gasteiger charge is -2.10. The molecule has 0 saturated carbocycles. The second-order valence-electron chi connectivity index (χ2n) is 4.21. The number of aliphatic carboxylic acids is 1. The van der Waals surface area contributed by atoms with Gasteiger partial charge in [0, 0.05) is 11.0 Å². The second kappa shape index (κ2) is 7.58. The summed E-state index contributed by atoms with van der Waals surface area (Å²) in [5.74, 6) is -0.297. The predicted molar refractivity (Wildman–Crippen MR) is 90.2 cm³/mol. The zero-order chi connectivity index (χ0) is 16.1. The molecule has 0 aliphatic rings. The molecule has 0 saturated heterocycles. The van der Waals surface area contributed by atoms with E-state index in [2.05, 4.69) is 0 Å². The third-order valence-electron chi connectivity index (χ3n) is 2.77. The quantitative estimate of drug-likeness (QED) is 0.744. The van der Waals surface area contributed by atoms with Gasteiger partial charge in [-0.3, -0.25) is 0 Å². The number of methoxy groups -OCH3 is 1. The molecule has 0 amide bonds. The standard InChI is InChI=1S/C16H12Cl2O3S/c1-21-11-4-2-3-5-12(11)22-13-8-6-10(7-9-14(19)20)15(17)16(13)18/h2-9H,1H3,(H,19,20). The summed E-state index contributed by atoms with van der Waals surface area (Å²) in [7, 11) is 1.60. The molecule has 0 heterocycles. The van der Waals surface area contributed by atoms with Gasteiger partial charge in [-0.05, 0) is 29.8 Å².